The molecule has 2 rings (SSSR count). The topological polar surface area (TPSA) is 67.3 Å². The third-order valence-corrected chi connectivity index (χ3v) is 3.30. The van der Waals surface area contributed by atoms with Crippen molar-refractivity contribution < 1.29 is 9.53 Å². The highest BCUT2D eigenvalue weighted by Gasteiger charge is 2.29. The summed E-state index contributed by atoms with van der Waals surface area (Å²) in [7, 11) is 0. The van der Waals surface area contributed by atoms with E-state index < -0.39 is 5.60 Å². The van der Waals surface area contributed by atoms with Gasteiger partial charge in [0.2, 0.25) is 0 Å². The van der Waals surface area contributed by atoms with E-state index in [0.29, 0.717) is 24.8 Å². The van der Waals surface area contributed by atoms with Gasteiger partial charge in [0.05, 0.1) is 5.69 Å². The summed E-state index contributed by atoms with van der Waals surface area (Å²) in [5.74, 6) is 0. The van der Waals surface area contributed by atoms with Gasteiger partial charge in [-0.1, -0.05) is 11.6 Å². The molecule has 1 N–H and O–H groups in total. The van der Waals surface area contributed by atoms with Gasteiger partial charge in [0.25, 0.3) is 0 Å². The third kappa shape index (κ3) is 5.13. The number of nitrogens with one attached hydrogen (secondary N) is 1. The van der Waals surface area contributed by atoms with Crippen LogP contribution in [0.2, 0.25) is 5.15 Å². The van der Waals surface area contributed by atoms with Crippen molar-refractivity contribution in [1.82, 2.24) is 20.4 Å². The van der Waals surface area contributed by atoms with Crippen LogP contribution in [0.15, 0.2) is 12.1 Å². The minimum atomic E-state index is -0.457. The normalized spacial score (nSPS) is 18.9. The summed E-state index contributed by atoms with van der Waals surface area (Å²) >= 11 is 5.69. The van der Waals surface area contributed by atoms with Gasteiger partial charge in [0, 0.05) is 25.7 Å². The van der Waals surface area contributed by atoms with Crippen molar-refractivity contribution in [3.8, 4) is 0 Å². The summed E-state index contributed by atoms with van der Waals surface area (Å²) in [6, 6.07) is 3.80. The first-order valence-electron chi connectivity index (χ1n) is 7.03. The molecule has 21 heavy (non-hydrogen) atoms. The van der Waals surface area contributed by atoms with Gasteiger partial charge in [-0.3, -0.25) is 0 Å². The molecule has 7 heteroatoms. The monoisotopic (exact) mass is 312 g/mol. The summed E-state index contributed by atoms with van der Waals surface area (Å²) < 4.78 is 5.37. The van der Waals surface area contributed by atoms with Crippen LogP contribution in [0.5, 0.6) is 0 Å². The smallest absolute Gasteiger partial charge is 0.410 e. The molecule has 0 unspecified atom stereocenters. The average Bonchev–Trinajstić information content (AvgIpc) is 2.85. The minimum absolute atomic E-state index is 0.245. The molecule has 116 valence electrons. The van der Waals surface area contributed by atoms with Gasteiger partial charge in [0.15, 0.2) is 5.15 Å². The summed E-state index contributed by atoms with van der Waals surface area (Å²) in [5.41, 5.74) is 0.372. The first-order chi connectivity index (χ1) is 9.83. The molecule has 0 aromatic carbocycles. The van der Waals surface area contributed by atoms with Crippen molar-refractivity contribution in [3.63, 3.8) is 0 Å². The first-order valence-corrected chi connectivity index (χ1v) is 7.41. The second kappa shape index (κ2) is 6.58. The molecule has 0 radical (unpaired) electrons. The number of halogens is 1. The molecule has 0 spiro atoms. The quantitative estimate of drug-likeness (QED) is 0.927. The summed E-state index contributed by atoms with van der Waals surface area (Å²) in [4.78, 5) is 13.7. The first kappa shape index (κ1) is 16.0. The van der Waals surface area contributed by atoms with Crippen LogP contribution in [0.1, 0.15) is 32.9 Å². The second-order valence-electron chi connectivity index (χ2n) is 6.14. The lowest BCUT2D eigenvalue weighted by Crippen LogP contribution is -2.38. The summed E-state index contributed by atoms with van der Waals surface area (Å²) in [6.07, 6.45) is 0.651. The van der Waals surface area contributed by atoms with Gasteiger partial charge >= 0.3 is 6.09 Å². The molecule has 1 aromatic heterocycles. The number of rotatable bonds is 3. The average molecular weight is 313 g/mol. The molecule has 2 heterocycles. The Morgan fingerprint density at radius 1 is 1.48 bits per heavy atom. The maximum Gasteiger partial charge on any atom is 0.410 e. The summed E-state index contributed by atoms with van der Waals surface area (Å²) in [5, 5.41) is 11.5. The van der Waals surface area contributed by atoms with Crippen LogP contribution in [0.4, 0.5) is 4.79 Å². The van der Waals surface area contributed by atoms with Crippen LogP contribution in [0.3, 0.4) is 0 Å². The van der Waals surface area contributed by atoms with Crippen LogP contribution in [0.25, 0.3) is 0 Å². The van der Waals surface area contributed by atoms with Crippen molar-refractivity contribution in [2.24, 2.45) is 0 Å². The zero-order chi connectivity index (χ0) is 15.5. The Hall–Kier alpha value is -1.40. The molecule has 0 aliphatic carbocycles. The number of ether oxygens (including phenoxy) is 1. The number of aromatic nitrogens is 2. The van der Waals surface area contributed by atoms with E-state index >= 15 is 0 Å². The van der Waals surface area contributed by atoms with Crippen LogP contribution in [-0.4, -0.2) is 45.9 Å². The predicted molar refractivity (Wildman–Crippen MR) is 80.1 cm³/mol. The molecule has 0 saturated carbocycles. The van der Waals surface area contributed by atoms with E-state index in [2.05, 4.69) is 15.5 Å². The molecule has 1 aromatic rings. The number of hydrogen-bond donors (Lipinski definition) is 1. The Morgan fingerprint density at radius 3 is 2.86 bits per heavy atom. The van der Waals surface area contributed by atoms with Crippen molar-refractivity contribution in [2.45, 2.75) is 45.4 Å². The lowest BCUT2D eigenvalue weighted by atomic mass is 10.2. The number of likely N-dealkylation sites (tertiary alicyclic amines) is 1. The van der Waals surface area contributed by atoms with E-state index in [1.807, 2.05) is 26.8 Å². The zero-order valence-electron chi connectivity index (χ0n) is 12.6. The highest BCUT2D eigenvalue weighted by atomic mass is 35.5. The Labute approximate surface area is 129 Å². The van der Waals surface area contributed by atoms with E-state index in [0.717, 1.165) is 12.1 Å². The number of carbonyl (C=O) groups is 1. The van der Waals surface area contributed by atoms with E-state index in [-0.39, 0.29) is 12.1 Å². The fraction of sp³-hybridized carbons (Fsp3) is 0.643. The fourth-order valence-electron chi connectivity index (χ4n) is 2.11. The Kier molecular flexibility index (Phi) is 5.00. The fourth-order valence-corrected chi connectivity index (χ4v) is 2.21. The van der Waals surface area contributed by atoms with Gasteiger partial charge in [-0.15, -0.1) is 5.10 Å². The van der Waals surface area contributed by atoms with Crippen LogP contribution < -0.4 is 5.32 Å². The Bertz CT molecular complexity index is 487. The molecule has 6 nitrogen and oxygen atoms in total. The van der Waals surface area contributed by atoms with Gasteiger partial charge < -0.3 is 15.0 Å². The number of carbonyl (C=O) groups excluding carboxylic acids is 1. The molecule has 1 aliphatic heterocycles. The maximum atomic E-state index is 12.0. The number of nitrogens with zero attached hydrogens (tertiary/aromatic N) is 3. The van der Waals surface area contributed by atoms with Crippen molar-refractivity contribution in [1.29, 1.82) is 0 Å². The Balaban J connectivity index is 1.77. The van der Waals surface area contributed by atoms with E-state index in [9.17, 15) is 4.79 Å². The molecule has 0 bridgehead atoms. The lowest BCUT2D eigenvalue weighted by molar-refractivity contribution is 0.0291. The van der Waals surface area contributed by atoms with E-state index in [4.69, 9.17) is 16.3 Å². The predicted octanol–water partition coefficient (Wildman–Crippen LogP) is 2.23. The van der Waals surface area contributed by atoms with Gasteiger partial charge in [0.1, 0.15) is 5.60 Å². The Morgan fingerprint density at radius 2 is 2.24 bits per heavy atom. The van der Waals surface area contributed by atoms with Crippen LogP contribution >= 0.6 is 11.6 Å². The van der Waals surface area contributed by atoms with Crippen molar-refractivity contribution in [2.75, 3.05) is 13.1 Å². The van der Waals surface area contributed by atoms with E-state index in [1.165, 1.54) is 0 Å². The second-order valence-corrected chi connectivity index (χ2v) is 6.53. The molecule has 1 fully saturated rings. The molecule has 1 aliphatic rings. The van der Waals surface area contributed by atoms with E-state index in [1.54, 1.807) is 11.0 Å². The highest BCUT2D eigenvalue weighted by Crippen LogP contribution is 2.15. The number of amides is 1. The number of hydrogen-bond acceptors (Lipinski definition) is 5. The minimum Gasteiger partial charge on any atom is -0.444 e. The summed E-state index contributed by atoms with van der Waals surface area (Å²) in [6.45, 7) is 7.58. The van der Waals surface area contributed by atoms with Gasteiger partial charge in [-0.25, -0.2) is 4.79 Å². The molecular weight excluding hydrogens is 292 g/mol. The molecule has 1 atom stereocenters. The molecular formula is C14H21ClN4O2. The molecule has 1 amide bonds. The molecule has 1 saturated heterocycles. The van der Waals surface area contributed by atoms with Gasteiger partial charge in [-0.2, -0.15) is 5.10 Å². The standard InChI is InChI=1S/C14H21ClN4O2/c1-14(2,3)21-13(20)19-7-6-11(9-19)16-8-10-4-5-12(15)18-17-10/h4-5,11,16H,6-9H2,1-3H3/t11-/m1/s1. The van der Waals surface area contributed by atoms with Crippen molar-refractivity contribution in [3.05, 3.63) is 23.0 Å². The van der Waals surface area contributed by atoms with Crippen LogP contribution in [-0.2, 0) is 11.3 Å². The zero-order valence-corrected chi connectivity index (χ0v) is 13.4. The third-order valence-electron chi connectivity index (χ3n) is 3.10. The maximum absolute atomic E-state index is 12.0. The van der Waals surface area contributed by atoms with Crippen molar-refractivity contribution >= 4 is 17.7 Å². The largest absolute Gasteiger partial charge is 0.444 e. The lowest BCUT2D eigenvalue weighted by Gasteiger charge is -2.24. The highest BCUT2D eigenvalue weighted by molar-refractivity contribution is 6.29. The van der Waals surface area contributed by atoms with Gasteiger partial charge in [-0.05, 0) is 39.3 Å². The van der Waals surface area contributed by atoms with Crippen LogP contribution in [0, 0.1) is 0 Å². The SMILES string of the molecule is CC(C)(C)OC(=O)N1CC[C@@H](NCc2ccc(Cl)nn2)C1.